The first-order valence-corrected chi connectivity index (χ1v) is 11.7. The van der Waals surface area contributed by atoms with E-state index >= 15 is 0 Å². The Kier molecular flexibility index (Phi) is 14.7. The number of aliphatic hydroxyl groups excluding tert-OH is 1. The lowest BCUT2D eigenvalue weighted by atomic mass is 9.98. The topological polar surface area (TPSA) is 234 Å². The van der Waals surface area contributed by atoms with Crippen molar-refractivity contribution >= 4 is 29.7 Å². The van der Waals surface area contributed by atoms with Crippen LogP contribution in [-0.4, -0.2) is 81.8 Å². The van der Waals surface area contributed by atoms with Gasteiger partial charge in [-0.25, -0.2) is 4.79 Å². The number of unbranched alkanes of at least 4 members (excludes halogenated alkanes) is 1. The van der Waals surface area contributed by atoms with Crippen molar-refractivity contribution in [2.75, 3.05) is 6.54 Å². The molecule has 13 nitrogen and oxygen atoms in total. The minimum absolute atomic E-state index is 0.106. The van der Waals surface area contributed by atoms with Gasteiger partial charge in [-0.15, -0.1) is 0 Å². The van der Waals surface area contributed by atoms with Crippen molar-refractivity contribution in [3.8, 4) is 0 Å². The highest BCUT2D eigenvalue weighted by Crippen LogP contribution is 2.10. The van der Waals surface area contributed by atoms with Crippen molar-refractivity contribution in [2.24, 2.45) is 23.3 Å². The summed E-state index contributed by atoms with van der Waals surface area (Å²) < 4.78 is 0. The quantitative estimate of drug-likeness (QED) is 0.107. The molecule has 0 aliphatic heterocycles. The van der Waals surface area contributed by atoms with Gasteiger partial charge in [-0.05, 0) is 44.1 Å². The summed E-state index contributed by atoms with van der Waals surface area (Å²) in [7, 11) is 0. The summed E-state index contributed by atoms with van der Waals surface area (Å²) in [4.78, 5) is 60.4. The lowest BCUT2D eigenvalue weighted by Gasteiger charge is -2.28. The molecule has 10 N–H and O–H groups in total. The van der Waals surface area contributed by atoms with Gasteiger partial charge in [-0.3, -0.25) is 19.2 Å². The molecule has 0 saturated heterocycles. The molecule has 202 valence electrons. The van der Waals surface area contributed by atoms with Crippen molar-refractivity contribution in [3.63, 3.8) is 0 Å². The molecule has 0 aromatic rings. The maximum atomic E-state index is 13.0. The van der Waals surface area contributed by atoms with Crippen LogP contribution in [0.4, 0.5) is 0 Å². The van der Waals surface area contributed by atoms with Crippen LogP contribution in [0.3, 0.4) is 0 Å². The van der Waals surface area contributed by atoms with Crippen molar-refractivity contribution in [1.82, 2.24) is 16.0 Å². The molecule has 0 aliphatic carbocycles. The molecule has 0 aromatic carbocycles. The predicted molar refractivity (Wildman–Crippen MR) is 127 cm³/mol. The van der Waals surface area contributed by atoms with Crippen LogP contribution in [-0.2, 0) is 24.0 Å². The van der Waals surface area contributed by atoms with Gasteiger partial charge in [0.25, 0.3) is 5.91 Å². The van der Waals surface area contributed by atoms with Crippen LogP contribution in [0.15, 0.2) is 0 Å². The van der Waals surface area contributed by atoms with E-state index in [1.165, 1.54) is 0 Å². The number of hydrogen-bond donors (Lipinski definition) is 8. The number of carboxylic acids is 2. The second-order valence-corrected chi connectivity index (χ2v) is 9.31. The first-order chi connectivity index (χ1) is 16.2. The lowest BCUT2D eigenvalue weighted by molar-refractivity contribution is -0.147. The Hall–Kier alpha value is -2.77. The summed E-state index contributed by atoms with van der Waals surface area (Å²) in [6.45, 7) is 7.41. The van der Waals surface area contributed by atoms with Crippen LogP contribution in [0.2, 0.25) is 0 Å². The number of hydrogen-bond acceptors (Lipinski definition) is 8. The molecule has 0 aliphatic rings. The van der Waals surface area contributed by atoms with E-state index in [2.05, 4.69) is 16.0 Å². The summed E-state index contributed by atoms with van der Waals surface area (Å²) >= 11 is 0. The molecule has 35 heavy (non-hydrogen) atoms. The number of carboxylic acid groups (broad SMARTS) is 2. The number of rotatable bonds is 17. The molecule has 0 saturated carbocycles. The number of nitrogens with two attached hydrogens (primary N) is 2. The minimum atomic E-state index is -1.69. The number of carbonyl (C=O) groups is 5. The third-order valence-corrected chi connectivity index (χ3v) is 5.24. The summed E-state index contributed by atoms with van der Waals surface area (Å²) in [6, 6.07) is -4.84. The van der Waals surface area contributed by atoms with Crippen LogP contribution in [0.5, 0.6) is 0 Å². The smallest absolute Gasteiger partial charge is 0.326 e. The highest BCUT2D eigenvalue weighted by Gasteiger charge is 2.33. The van der Waals surface area contributed by atoms with E-state index in [1.54, 1.807) is 13.8 Å². The van der Waals surface area contributed by atoms with Gasteiger partial charge >= 0.3 is 11.9 Å². The van der Waals surface area contributed by atoms with Crippen molar-refractivity contribution in [2.45, 2.75) is 90.1 Å². The third-order valence-electron chi connectivity index (χ3n) is 5.24. The molecule has 0 spiro atoms. The van der Waals surface area contributed by atoms with Crippen LogP contribution >= 0.6 is 0 Å². The van der Waals surface area contributed by atoms with Crippen molar-refractivity contribution < 1.29 is 39.3 Å². The van der Waals surface area contributed by atoms with Crippen LogP contribution < -0.4 is 27.4 Å². The van der Waals surface area contributed by atoms with E-state index in [1.807, 2.05) is 13.8 Å². The predicted octanol–water partition coefficient (Wildman–Crippen LogP) is -1.48. The van der Waals surface area contributed by atoms with Gasteiger partial charge in [0.15, 0.2) is 0 Å². The van der Waals surface area contributed by atoms with Gasteiger partial charge in [-0.1, -0.05) is 27.7 Å². The maximum absolute atomic E-state index is 13.0. The summed E-state index contributed by atoms with van der Waals surface area (Å²) in [6.07, 6.45) is -0.938. The molecule has 0 rings (SSSR count). The van der Waals surface area contributed by atoms with Gasteiger partial charge in [-0.2, -0.15) is 0 Å². The zero-order chi connectivity index (χ0) is 27.3. The van der Waals surface area contributed by atoms with E-state index in [-0.39, 0.29) is 12.3 Å². The number of carbonyl (C=O) groups excluding carboxylic acids is 3. The number of aliphatic carboxylic acids is 2. The fourth-order valence-electron chi connectivity index (χ4n) is 3.31. The zero-order valence-electron chi connectivity index (χ0n) is 20.8. The van der Waals surface area contributed by atoms with E-state index in [4.69, 9.17) is 16.6 Å². The highest BCUT2D eigenvalue weighted by atomic mass is 16.4. The lowest BCUT2D eigenvalue weighted by Crippen LogP contribution is -2.59. The molecule has 3 amide bonds. The van der Waals surface area contributed by atoms with Crippen LogP contribution in [0.1, 0.15) is 59.8 Å². The average molecular weight is 504 g/mol. The number of nitrogens with one attached hydrogen (secondary N) is 3. The molecule has 0 bridgehead atoms. The normalized spacial score (nSPS) is 15.6. The standard InChI is InChI=1S/C22H41N5O8/c1-11(2)9-13(24)18(30)21(33)27-17(12(3)4)20(32)25-14(7-5-6-8-23)19(31)26-15(22(34)35)10-16(28)29/h11-15,17-18,30H,5-10,23-24H2,1-4H3,(H,25,32)(H,26,31)(H,27,33)(H,28,29)(H,34,35). The summed E-state index contributed by atoms with van der Waals surface area (Å²) in [5.74, 6) is -5.68. The van der Waals surface area contributed by atoms with Crippen molar-refractivity contribution in [3.05, 3.63) is 0 Å². The van der Waals surface area contributed by atoms with Crippen molar-refractivity contribution in [1.29, 1.82) is 0 Å². The fourth-order valence-corrected chi connectivity index (χ4v) is 3.31. The molecule has 0 fully saturated rings. The molecule has 0 aromatic heterocycles. The molecule has 0 radical (unpaired) electrons. The zero-order valence-corrected chi connectivity index (χ0v) is 20.8. The first-order valence-electron chi connectivity index (χ1n) is 11.7. The Morgan fingerprint density at radius 3 is 1.86 bits per heavy atom. The van der Waals surface area contributed by atoms with Crippen LogP contribution in [0.25, 0.3) is 0 Å². The first kappa shape index (κ1) is 32.2. The average Bonchev–Trinajstić information content (AvgIpc) is 2.74. The summed E-state index contributed by atoms with van der Waals surface area (Å²) in [5, 5.41) is 35.4. The highest BCUT2D eigenvalue weighted by molar-refractivity contribution is 5.94. The maximum Gasteiger partial charge on any atom is 0.326 e. The number of aliphatic hydroxyl groups is 1. The Morgan fingerprint density at radius 1 is 0.829 bits per heavy atom. The second kappa shape index (κ2) is 16.0. The van der Waals surface area contributed by atoms with E-state index in [0.717, 1.165) is 0 Å². The Bertz CT molecular complexity index is 731. The molecule has 0 heterocycles. The van der Waals surface area contributed by atoms with E-state index < -0.39 is 72.3 Å². The van der Waals surface area contributed by atoms with E-state index in [0.29, 0.717) is 25.8 Å². The SMILES string of the molecule is CC(C)CC(N)C(O)C(=O)NC(C(=O)NC(CCCCN)C(=O)NC(CC(=O)O)C(=O)O)C(C)C. The van der Waals surface area contributed by atoms with Gasteiger partial charge < -0.3 is 42.7 Å². The molecule has 5 unspecified atom stereocenters. The molecular weight excluding hydrogens is 462 g/mol. The van der Waals surface area contributed by atoms with Crippen LogP contribution in [0, 0.1) is 11.8 Å². The Balaban J connectivity index is 5.51. The van der Waals surface area contributed by atoms with Gasteiger partial charge in [0.2, 0.25) is 11.8 Å². The minimum Gasteiger partial charge on any atom is -0.481 e. The monoisotopic (exact) mass is 503 g/mol. The largest absolute Gasteiger partial charge is 0.481 e. The third kappa shape index (κ3) is 12.5. The summed E-state index contributed by atoms with van der Waals surface area (Å²) in [5.41, 5.74) is 11.4. The van der Waals surface area contributed by atoms with Gasteiger partial charge in [0.1, 0.15) is 24.2 Å². The molecular formula is C22H41N5O8. The van der Waals surface area contributed by atoms with Gasteiger partial charge in [0, 0.05) is 6.04 Å². The molecule has 13 heteroatoms. The Labute approximate surface area is 205 Å². The fraction of sp³-hybridized carbons (Fsp3) is 0.773. The Morgan fingerprint density at radius 2 is 1.40 bits per heavy atom. The van der Waals surface area contributed by atoms with E-state index in [9.17, 15) is 34.2 Å². The molecule has 5 atom stereocenters. The second-order valence-electron chi connectivity index (χ2n) is 9.31. The number of amides is 3. The van der Waals surface area contributed by atoms with Gasteiger partial charge in [0.05, 0.1) is 6.42 Å².